The number of anilines is 2. The number of rotatable bonds is 4. The highest BCUT2D eigenvalue weighted by Crippen LogP contribution is 2.19. The van der Waals surface area contributed by atoms with Crippen LogP contribution in [0.2, 0.25) is 0 Å². The highest BCUT2D eigenvalue weighted by atomic mass is 19.1. The van der Waals surface area contributed by atoms with Crippen LogP contribution in [0.3, 0.4) is 0 Å². The molecule has 0 spiro atoms. The third-order valence-corrected chi connectivity index (χ3v) is 2.70. The van der Waals surface area contributed by atoms with Gasteiger partial charge in [0, 0.05) is 19.6 Å². The van der Waals surface area contributed by atoms with Crippen LogP contribution < -0.4 is 10.2 Å². The molecule has 2 heterocycles. The summed E-state index contributed by atoms with van der Waals surface area (Å²) in [5.41, 5.74) is 0. The van der Waals surface area contributed by atoms with Crippen molar-refractivity contribution in [3.63, 3.8) is 0 Å². The summed E-state index contributed by atoms with van der Waals surface area (Å²) in [4.78, 5) is 9.77. The number of halogens is 1. The molecule has 0 amide bonds. The molecular formula is C11H17FN4O2. The first kappa shape index (κ1) is 13.0. The van der Waals surface area contributed by atoms with Crippen LogP contribution in [-0.2, 0) is 4.74 Å². The number of nitrogens with one attached hydrogen (secondary N) is 1. The summed E-state index contributed by atoms with van der Waals surface area (Å²) in [5.74, 6) is 0.193. The lowest BCUT2D eigenvalue weighted by atomic mass is 10.3. The molecule has 2 N–H and O–H groups in total. The number of morpholine rings is 1. The van der Waals surface area contributed by atoms with Crippen molar-refractivity contribution in [3.8, 4) is 0 Å². The minimum absolute atomic E-state index is 0.0801. The smallest absolute Gasteiger partial charge is 0.224 e. The molecule has 6 nitrogen and oxygen atoms in total. The molecule has 1 aliphatic rings. The van der Waals surface area contributed by atoms with Gasteiger partial charge in [0.05, 0.1) is 25.5 Å². The Hall–Kier alpha value is -1.47. The summed E-state index contributed by atoms with van der Waals surface area (Å²) in [6.07, 6.45) is 0.861. The third kappa shape index (κ3) is 2.85. The Kier molecular flexibility index (Phi) is 4.27. The number of nitrogens with zero attached hydrogens (tertiary/aromatic N) is 3. The van der Waals surface area contributed by atoms with Gasteiger partial charge in [-0.2, -0.15) is 4.98 Å². The van der Waals surface area contributed by atoms with Crippen LogP contribution >= 0.6 is 0 Å². The molecule has 2 rings (SSSR count). The van der Waals surface area contributed by atoms with E-state index in [0.717, 1.165) is 6.20 Å². The molecule has 1 aromatic rings. The first-order valence-electron chi connectivity index (χ1n) is 5.98. The van der Waals surface area contributed by atoms with Gasteiger partial charge in [-0.1, -0.05) is 0 Å². The van der Waals surface area contributed by atoms with Crippen molar-refractivity contribution in [2.75, 3.05) is 43.1 Å². The van der Waals surface area contributed by atoms with Crippen LogP contribution in [0.15, 0.2) is 6.20 Å². The van der Waals surface area contributed by atoms with Crippen molar-refractivity contribution in [3.05, 3.63) is 12.0 Å². The SMILES string of the molecule is CCNc1ncc(F)c(N2CCOC(CO)C2)n1. The van der Waals surface area contributed by atoms with Crippen LogP contribution in [0.25, 0.3) is 0 Å². The Morgan fingerprint density at radius 1 is 1.67 bits per heavy atom. The Morgan fingerprint density at radius 2 is 2.50 bits per heavy atom. The molecule has 0 bridgehead atoms. The molecule has 1 unspecified atom stereocenters. The minimum Gasteiger partial charge on any atom is -0.394 e. The molecule has 0 aromatic carbocycles. The van der Waals surface area contributed by atoms with E-state index in [9.17, 15) is 4.39 Å². The van der Waals surface area contributed by atoms with E-state index in [1.165, 1.54) is 0 Å². The van der Waals surface area contributed by atoms with Gasteiger partial charge in [-0.25, -0.2) is 9.37 Å². The van der Waals surface area contributed by atoms with E-state index in [1.807, 2.05) is 6.92 Å². The average molecular weight is 256 g/mol. The Labute approximate surface area is 105 Å². The van der Waals surface area contributed by atoms with Gasteiger partial charge in [0.1, 0.15) is 0 Å². The largest absolute Gasteiger partial charge is 0.394 e. The van der Waals surface area contributed by atoms with E-state index >= 15 is 0 Å². The molecule has 0 radical (unpaired) electrons. The first-order chi connectivity index (χ1) is 8.74. The lowest BCUT2D eigenvalue weighted by molar-refractivity contribution is 0.00318. The van der Waals surface area contributed by atoms with E-state index in [0.29, 0.717) is 32.2 Å². The number of aliphatic hydroxyl groups excluding tert-OH is 1. The Balaban J connectivity index is 2.17. The fourth-order valence-electron chi connectivity index (χ4n) is 1.85. The zero-order chi connectivity index (χ0) is 13.0. The first-order valence-corrected chi connectivity index (χ1v) is 5.98. The molecule has 1 aliphatic heterocycles. The van der Waals surface area contributed by atoms with Crippen molar-refractivity contribution in [2.24, 2.45) is 0 Å². The van der Waals surface area contributed by atoms with Crippen LogP contribution in [0, 0.1) is 5.82 Å². The summed E-state index contributed by atoms with van der Waals surface area (Å²) in [6, 6.07) is 0. The zero-order valence-electron chi connectivity index (χ0n) is 10.3. The van der Waals surface area contributed by atoms with E-state index in [2.05, 4.69) is 15.3 Å². The molecule has 1 aromatic heterocycles. The maximum atomic E-state index is 13.7. The van der Waals surface area contributed by atoms with Gasteiger partial charge in [0.15, 0.2) is 11.6 Å². The van der Waals surface area contributed by atoms with E-state index in [4.69, 9.17) is 9.84 Å². The fraction of sp³-hybridized carbons (Fsp3) is 0.636. The number of hydrogen-bond acceptors (Lipinski definition) is 6. The maximum Gasteiger partial charge on any atom is 0.224 e. The van der Waals surface area contributed by atoms with Crippen LogP contribution in [0.5, 0.6) is 0 Å². The lowest BCUT2D eigenvalue weighted by Gasteiger charge is -2.32. The molecular weight excluding hydrogens is 239 g/mol. The molecule has 1 fully saturated rings. The fourth-order valence-corrected chi connectivity index (χ4v) is 1.85. The van der Waals surface area contributed by atoms with Gasteiger partial charge in [-0.3, -0.25) is 0 Å². The van der Waals surface area contributed by atoms with Gasteiger partial charge < -0.3 is 20.1 Å². The second-order valence-corrected chi connectivity index (χ2v) is 4.02. The van der Waals surface area contributed by atoms with Crippen molar-refractivity contribution < 1.29 is 14.2 Å². The quantitative estimate of drug-likeness (QED) is 0.804. The predicted octanol–water partition coefficient (Wildman–Crippen LogP) is 0.245. The van der Waals surface area contributed by atoms with Gasteiger partial charge in [0.25, 0.3) is 0 Å². The van der Waals surface area contributed by atoms with Crippen LogP contribution in [0.4, 0.5) is 16.2 Å². The second-order valence-electron chi connectivity index (χ2n) is 4.02. The summed E-state index contributed by atoms with van der Waals surface area (Å²) >= 11 is 0. The van der Waals surface area contributed by atoms with E-state index in [-0.39, 0.29) is 18.5 Å². The second kappa shape index (κ2) is 5.92. The van der Waals surface area contributed by atoms with Crippen molar-refractivity contribution in [2.45, 2.75) is 13.0 Å². The number of aliphatic hydroxyl groups is 1. The molecule has 100 valence electrons. The molecule has 1 saturated heterocycles. The minimum atomic E-state index is -0.463. The summed E-state index contributed by atoms with van der Waals surface area (Å²) in [7, 11) is 0. The number of aromatic nitrogens is 2. The van der Waals surface area contributed by atoms with E-state index in [1.54, 1.807) is 4.90 Å². The number of hydrogen-bond donors (Lipinski definition) is 2. The highest BCUT2D eigenvalue weighted by molar-refractivity contribution is 5.44. The normalized spacial score (nSPS) is 19.9. The van der Waals surface area contributed by atoms with Gasteiger partial charge in [-0.15, -0.1) is 0 Å². The topological polar surface area (TPSA) is 70.5 Å². The van der Waals surface area contributed by atoms with Crippen molar-refractivity contribution in [1.29, 1.82) is 0 Å². The van der Waals surface area contributed by atoms with Crippen LogP contribution in [0.1, 0.15) is 6.92 Å². The summed E-state index contributed by atoms with van der Waals surface area (Å²) in [6.45, 7) is 3.94. The van der Waals surface area contributed by atoms with Gasteiger partial charge >= 0.3 is 0 Å². The molecule has 1 atom stereocenters. The van der Waals surface area contributed by atoms with Crippen molar-refractivity contribution in [1.82, 2.24) is 9.97 Å². The van der Waals surface area contributed by atoms with Gasteiger partial charge in [0.2, 0.25) is 5.95 Å². The molecule has 7 heteroatoms. The van der Waals surface area contributed by atoms with Crippen molar-refractivity contribution >= 4 is 11.8 Å². The maximum absolute atomic E-state index is 13.7. The number of ether oxygens (including phenoxy) is 1. The Morgan fingerprint density at radius 3 is 3.22 bits per heavy atom. The average Bonchev–Trinajstić information content (AvgIpc) is 2.41. The predicted molar refractivity (Wildman–Crippen MR) is 65.2 cm³/mol. The molecule has 18 heavy (non-hydrogen) atoms. The van der Waals surface area contributed by atoms with E-state index < -0.39 is 5.82 Å². The highest BCUT2D eigenvalue weighted by Gasteiger charge is 2.23. The monoisotopic (exact) mass is 256 g/mol. The summed E-state index contributed by atoms with van der Waals surface area (Å²) in [5, 5.41) is 12.0. The molecule has 0 aliphatic carbocycles. The standard InChI is InChI=1S/C11H17FN4O2/c1-2-13-11-14-5-9(12)10(15-11)16-3-4-18-8(6-16)7-17/h5,8,17H,2-4,6-7H2,1H3,(H,13,14,15). The molecule has 0 saturated carbocycles. The third-order valence-electron chi connectivity index (χ3n) is 2.70. The van der Waals surface area contributed by atoms with Gasteiger partial charge in [-0.05, 0) is 6.92 Å². The summed E-state index contributed by atoms with van der Waals surface area (Å²) < 4.78 is 19.1. The zero-order valence-corrected chi connectivity index (χ0v) is 10.3. The van der Waals surface area contributed by atoms with Crippen LogP contribution in [-0.4, -0.2) is 54.0 Å². The lowest BCUT2D eigenvalue weighted by Crippen LogP contribution is -2.44. The Bertz CT molecular complexity index is 405.